The van der Waals surface area contributed by atoms with E-state index in [1.54, 1.807) is 6.07 Å². The second kappa shape index (κ2) is 7.41. The summed E-state index contributed by atoms with van der Waals surface area (Å²) in [6.07, 6.45) is 2.19. The first-order valence-corrected chi connectivity index (χ1v) is 6.41. The lowest BCUT2D eigenvalue weighted by Crippen LogP contribution is -2.25. The van der Waals surface area contributed by atoms with Crippen LogP contribution >= 0.6 is 0 Å². The minimum Gasteiger partial charge on any atom is -0.326 e. The molecule has 0 atom stereocenters. The van der Waals surface area contributed by atoms with Gasteiger partial charge in [0, 0.05) is 24.2 Å². The highest BCUT2D eigenvalue weighted by Gasteiger charge is 2.10. The SMILES string of the molecule is CCCN(CCC)Cc1cccc(CN)c1F. The molecule has 2 nitrogen and oxygen atoms in total. The molecule has 0 heterocycles. The van der Waals surface area contributed by atoms with E-state index in [0.29, 0.717) is 12.1 Å². The largest absolute Gasteiger partial charge is 0.326 e. The Morgan fingerprint density at radius 2 is 1.71 bits per heavy atom. The molecule has 1 aromatic rings. The molecule has 2 N–H and O–H groups in total. The maximum absolute atomic E-state index is 14.0. The minimum absolute atomic E-state index is 0.132. The summed E-state index contributed by atoms with van der Waals surface area (Å²) in [5.74, 6) is -0.132. The molecule has 0 saturated carbocycles. The summed E-state index contributed by atoms with van der Waals surface area (Å²) in [6, 6.07) is 5.49. The lowest BCUT2D eigenvalue weighted by Gasteiger charge is -2.21. The van der Waals surface area contributed by atoms with Crippen LogP contribution in [0.25, 0.3) is 0 Å². The van der Waals surface area contributed by atoms with Gasteiger partial charge in [0.05, 0.1) is 0 Å². The van der Waals surface area contributed by atoms with Crippen molar-refractivity contribution in [2.45, 2.75) is 39.8 Å². The molecule has 0 radical (unpaired) electrons. The third kappa shape index (κ3) is 4.10. The Hall–Kier alpha value is -0.930. The van der Waals surface area contributed by atoms with Gasteiger partial charge in [0.2, 0.25) is 0 Å². The Morgan fingerprint density at radius 3 is 2.24 bits per heavy atom. The molecule has 0 amide bonds. The van der Waals surface area contributed by atoms with Crippen molar-refractivity contribution in [3.63, 3.8) is 0 Å². The van der Waals surface area contributed by atoms with E-state index in [1.807, 2.05) is 12.1 Å². The lowest BCUT2D eigenvalue weighted by atomic mass is 10.1. The van der Waals surface area contributed by atoms with Crippen LogP contribution in [0.3, 0.4) is 0 Å². The molecule has 0 aliphatic carbocycles. The molecule has 0 spiro atoms. The van der Waals surface area contributed by atoms with Gasteiger partial charge in [-0.1, -0.05) is 32.0 Å². The Balaban J connectivity index is 2.77. The van der Waals surface area contributed by atoms with Gasteiger partial charge >= 0.3 is 0 Å². The van der Waals surface area contributed by atoms with Gasteiger partial charge in [0.25, 0.3) is 0 Å². The molecule has 96 valence electrons. The number of halogens is 1. The van der Waals surface area contributed by atoms with Crippen LogP contribution in [0, 0.1) is 5.82 Å². The van der Waals surface area contributed by atoms with Crippen molar-refractivity contribution < 1.29 is 4.39 Å². The fourth-order valence-electron chi connectivity index (χ4n) is 2.06. The van der Waals surface area contributed by atoms with Crippen LogP contribution in [-0.2, 0) is 13.1 Å². The molecule has 0 unspecified atom stereocenters. The number of hydrogen-bond acceptors (Lipinski definition) is 2. The smallest absolute Gasteiger partial charge is 0.132 e. The predicted molar refractivity (Wildman–Crippen MR) is 70.2 cm³/mol. The third-order valence-corrected chi connectivity index (χ3v) is 2.85. The average Bonchev–Trinajstić information content (AvgIpc) is 2.32. The zero-order chi connectivity index (χ0) is 12.7. The predicted octanol–water partition coefficient (Wildman–Crippen LogP) is 2.91. The van der Waals surface area contributed by atoms with E-state index < -0.39 is 0 Å². The van der Waals surface area contributed by atoms with Crippen LogP contribution in [0.1, 0.15) is 37.8 Å². The minimum atomic E-state index is -0.132. The molecule has 1 aromatic carbocycles. The van der Waals surface area contributed by atoms with Crippen molar-refractivity contribution in [2.24, 2.45) is 5.73 Å². The normalized spacial score (nSPS) is 11.1. The molecular formula is C14H23FN2. The van der Waals surface area contributed by atoms with E-state index >= 15 is 0 Å². The van der Waals surface area contributed by atoms with Crippen molar-refractivity contribution in [3.8, 4) is 0 Å². The Morgan fingerprint density at radius 1 is 1.12 bits per heavy atom. The molecule has 0 saturated heterocycles. The summed E-state index contributed by atoms with van der Waals surface area (Å²) >= 11 is 0. The van der Waals surface area contributed by atoms with Crippen LogP contribution < -0.4 is 5.73 Å². The summed E-state index contributed by atoms with van der Waals surface area (Å²) < 4.78 is 14.0. The van der Waals surface area contributed by atoms with Crippen molar-refractivity contribution in [1.82, 2.24) is 4.90 Å². The standard InChI is InChI=1S/C14H23FN2/c1-3-8-17(9-4-2)11-13-7-5-6-12(10-16)14(13)15/h5-7H,3-4,8-11,16H2,1-2H3. The molecule has 0 aliphatic heterocycles. The summed E-state index contributed by atoms with van der Waals surface area (Å²) in [5.41, 5.74) is 6.88. The first kappa shape index (κ1) is 14.1. The van der Waals surface area contributed by atoms with E-state index in [2.05, 4.69) is 18.7 Å². The Bertz CT molecular complexity index is 333. The van der Waals surface area contributed by atoms with Gasteiger partial charge < -0.3 is 5.73 Å². The lowest BCUT2D eigenvalue weighted by molar-refractivity contribution is 0.262. The van der Waals surface area contributed by atoms with E-state index in [-0.39, 0.29) is 12.4 Å². The van der Waals surface area contributed by atoms with Crippen molar-refractivity contribution >= 4 is 0 Å². The first-order valence-electron chi connectivity index (χ1n) is 6.41. The monoisotopic (exact) mass is 238 g/mol. The topological polar surface area (TPSA) is 29.3 Å². The summed E-state index contributed by atoms with van der Waals surface area (Å²) in [5, 5.41) is 0. The molecular weight excluding hydrogens is 215 g/mol. The van der Waals surface area contributed by atoms with Crippen LogP contribution in [0.5, 0.6) is 0 Å². The number of nitrogens with zero attached hydrogens (tertiary/aromatic N) is 1. The van der Waals surface area contributed by atoms with E-state index in [9.17, 15) is 4.39 Å². The Labute approximate surface area is 104 Å². The maximum Gasteiger partial charge on any atom is 0.132 e. The highest BCUT2D eigenvalue weighted by molar-refractivity contribution is 5.25. The van der Waals surface area contributed by atoms with Crippen LogP contribution in [-0.4, -0.2) is 18.0 Å². The number of hydrogen-bond donors (Lipinski definition) is 1. The van der Waals surface area contributed by atoms with E-state index in [4.69, 9.17) is 5.73 Å². The molecule has 0 bridgehead atoms. The van der Waals surface area contributed by atoms with E-state index in [1.165, 1.54) is 0 Å². The number of benzene rings is 1. The van der Waals surface area contributed by atoms with Crippen molar-refractivity contribution in [3.05, 3.63) is 35.1 Å². The average molecular weight is 238 g/mol. The zero-order valence-electron chi connectivity index (χ0n) is 10.9. The molecule has 3 heteroatoms. The first-order chi connectivity index (χ1) is 8.22. The van der Waals surface area contributed by atoms with Crippen LogP contribution in [0.2, 0.25) is 0 Å². The quantitative estimate of drug-likeness (QED) is 0.791. The van der Waals surface area contributed by atoms with Crippen LogP contribution in [0.15, 0.2) is 18.2 Å². The van der Waals surface area contributed by atoms with Crippen molar-refractivity contribution in [1.29, 1.82) is 0 Å². The molecule has 17 heavy (non-hydrogen) atoms. The zero-order valence-corrected chi connectivity index (χ0v) is 10.9. The van der Waals surface area contributed by atoms with Gasteiger partial charge in [-0.15, -0.1) is 0 Å². The third-order valence-electron chi connectivity index (χ3n) is 2.85. The molecule has 0 aliphatic rings. The van der Waals surface area contributed by atoms with Gasteiger partial charge in [-0.2, -0.15) is 0 Å². The van der Waals surface area contributed by atoms with E-state index in [0.717, 1.165) is 31.5 Å². The highest BCUT2D eigenvalue weighted by atomic mass is 19.1. The number of nitrogens with two attached hydrogens (primary N) is 1. The Kier molecular flexibility index (Phi) is 6.16. The van der Waals surface area contributed by atoms with Gasteiger partial charge in [0.15, 0.2) is 0 Å². The summed E-state index contributed by atoms with van der Waals surface area (Å²) in [7, 11) is 0. The van der Waals surface area contributed by atoms with Gasteiger partial charge in [-0.3, -0.25) is 4.90 Å². The fraction of sp³-hybridized carbons (Fsp3) is 0.571. The van der Waals surface area contributed by atoms with Gasteiger partial charge in [-0.25, -0.2) is 4.39 Å². The summed E-state index contributed by atoms with van der Waals surface area (Å²) in [4.78, 5) is 2.29. The summed E-state index contributed by atoms with van der Waals surface area (Å²) in [6.45, 7) is 7.27. The van der Waals surface area contributed by atoms with Gasteiger partial charge in [0.1, 0.15) is 5.82 Å². The maximum atomic E-state index is 14.0. The fourth-order valence-corrected chi connectivity index (χ4v) is 2.06. The number of rotatable bonds is 7. The molecule has 1 rings (SSSR count). The molecule has 0 fully saturated rings. The second-order valence-electron chi connectivity index (χ2n) is 4.37. The van der Waals surface area contributed by atoms with Crippen molar-refractivity contribution in [2.75, 3.05) is 13.1 Å². The van der Waals surface area contributed by atoms with Gasteiger partial charge in [-0.05, 0) is 25.9 Å². The molecule has 0 aromatic heterocycles. The van der Waals surface area contributed by atoms with Crippen LogP contribution in [0.4, 0.5) is 4.39 Å². The second-order valence-corrected chi connectivity index (χ2v) is 4.37. The highest BCUT2D eigenvalue weighted by Crippen LogP contribution is 2.15.